The van der Waals surface area contributed by atoms with Gasteiger partial charge in [0.05, 0.1) is 21.8 Å². The maximum Gasteiger partial charge on any atom is 0.418 e. The summed E-state index contributed by atoms with van der Waals surface area (Å²) in [5.41, 5.74) is 6.29. The highest BCUT2D eigenvalue weighted by Crippen LogP contribution is 2.36. The van der Waals surface area contributed by atoms with Crippen molar-refractivity contribution in [2.45, 2.75) is 91.1 Å². The second-order valence-electron chi connectivity index (χ2n) is 12.5. The number of amides is 2. The third-order valence-electron chi connectivity index (χ3n) is 6.73. The zero-order valence-electron chi connectivity index (χ0n) is 27.0. The average Bonchev–Trinajstić information content (AvgIpc) is 3.21. The molecule has 3 N–H and O–H groups in total. The standard InChI is InChI=1S/C32H45F3N6O3S/c1-7-13-41(19-21-14-24(32(33,34)35)26(38-18-21)20-40(5)6)29(42)22-15-27-25(39-28(36)16-22)17-23(45-27)11-9-8-10-12-37-30(43)44-31(2,3)4/h14-15,17-18H,7-13,16,19-20H2,1-6H3,(H2,36,39)(H,37,43). The molecule has 1 aliphatic heterocycles. The summed E-state index contributed by atoms with van der Waals surface area (Å²) in [6.45, 7) is 8.31. The minimum Gasteiger partial charge on any atom is -0.444 e. The number of pyridine rings is 1. The predicted octanol–water partition coefficient (Wildman–Crippen LogP) is 6.68. The third kappa shape index (κ3) is 11.4. The lowest BCUT2D eigenvalue weighted by atomic mass is 10.1. The van der Waals surface area contributed by atoms with E-state index in [-0.39, 0.29) is 31.1 Å². The van der Waals surface area contributed by atoms with Crippen LogP contribution in [0.3, 0.4) is 0 Å². The van der Waals surface area contributed by atoms with Crippen molar-refractivity contribution in [1.29, 1.82) is 0 Å². The summed E-state index contributed by atoms with van der Waals surface area (Å²) >= 11 is 1.55. The van der Waals surface area contributed by atoms with Crippen molar-refractivity contribution in [1.82, 2.24) is 20.1 Å². The molecule has 1 aliphatic rings. The van der Waals surface area contributed by atoms with E-state index < -0.39 is 23.4 Å². The number of nitrogens with one attached hydrogen (secondary N) is 1. The number of nitrogens with two attached hydrogens (primary N) is 1. The molecule has 2 aromatic rings. The van der Waals surface area contributed by atoms with E-state index in [4.69, 9.17) is 10.5 Å². The van der Waals surface area contributed by atoms with E-state index >= 15 is 0 Å². The molecule has 45 heavy (non-hydrogen) atoms. The van der Waals surface area contributed by atoms with Gasteiger partial charge in [0.1, 0.15) is 11.4 Å². The summed E-state index contributed by atoms with van der Waals surface area (Å²) in [4.78, 5) is 39.3. The molecule has 0 radical (unpaired) electrons. The number of alkyl halides is 3. The number of rotatable bonds is 13. The summed E-state index contributed by atoms with van der Waals surface area (Å²) in [5.74, 6) is 0.0117. The predicted molar refractivity (Wildman–Crippen MR) is 172 cm³/mol. The van der Waals surface area contributed by atoms with Gasteiger partial charge in [0.25, 0.3) is 5.91 Å². The Hall–Kier alpha value is -3.45. The lowest BCUT2D eigenvalue weighted by Gasteiger charge is -2.24. The van der Waals surface area contributed by atoms with Gasteiger partial charge in [-0.15, -0.1) is 11.3 Å². The number of thiophene rings is 1. The fraction of sp³-hybridized carbons (Fsp3) is 0.562. The van der Waals surface area contributed by atoms with Crippen molar-refractivity contribution in [2.75, 3.05) is 27.2 Å². The summed E-state index contributed by atoms with van der Waals surface area (Å²) in [6.07, 6.45) is 2.47. The van der Waals surface area contributed by atoms with Crippen molar-refractivity contribution in [3.05, 3.63) is 50.5 Å². The molecule has 0 spiro atoms. The number of hydrogen-bond acceptors (Lipinski definition) is 8. The van der Waals surface area contributed by atoms with E-state index in [9.17, 15) is 22.8 Å². The molecule has 0 unspecified atom stereocenters. The van der Waals surface area contributed by atoms with E-state index in [0.29, 0.717) is 42.2 Å². The number of fused-ring (bicyclic) bond motifs is 1. The number of aliphatic imine (C=N–C) groups is 1. The van der Waals surface area contributed by atoms with Gasteiger partial charge < -0.3 is 25.6 Å². The number of hydrogen-bond donors (Lipinski definition) is 2. The van der Waals surface area contributed by atoms with Crippen molar-refractivity contribution in [3.63, 3.8) is 0 Å². The summed E-state index contributed by atoms with van der Waals surface area (Å²) in [5, 5.41) is 2.77. The first kappa shape index (κ1) is 36.0. The number of carbonyl (C=O) groups excluding carboxylic acids is 2. The Kier molecular flexibility index (Phi) is 12.6. The number of nitrogens with zero attached hydrogens (tertiary/aromatic N) is 4. The van der Waals surface area contributed by atoms with E-state index in [2.05, 4.69) is 15.3 Å². The second-order valence-corrected chi connectivity index (χ2v) is 13.6. The van der Waals surface area contributed by atoms with Crippen LogP contribution in [0.15, 0.2) is 28.9 Å². The summed E-state index contributed by atoms with van der Waals surface area (Å²) in [7, 11) is 3.37. The highest BCUT2D eigenvalue weighted by Gasteiger charge is 2.35. The van der Waals surface area contributed by atoms with Gasteiger partial charge in [-0.25, -0.2) is 9.79 Å². The number of ether oxygens (including phenoxy) is 1. The fourth-order valence-electron chi connectivity index (χ4n) is 4.84. The molecule has 9 nitrogen and oxygen atoms in total. The number of halogens is 3. The maximum absolute atomic E-state index is 13.9. The quantitative estimate of drug-likeness (QED) is 0.234. The Bertz CT molecular complexity index is 1400. The minimum atomic E-state index is -4.56. The summed E-state index contributed by atoms with van der Waals surface area (Å²) in [6, 6.07) is 3.08. The molecule has 0 aromatic carbocycles. The first-order chi connectivity index (χ1) is 21.1. The van der Waals surface area contributed by atoms with Crippen LogP contribution in [-0.2, 0) is 35.2 Å². The van der Waals surface area contributed by atoms with Crippen molar-refractivity contribution >= 4 is 40.9 Å². The molecular weight excluding hydrogens is 605 g/mol. The summed E-state index contributed by atoms with van der Waals surface area (Å²) < 4.78 is 46.8. The van der Waals surface area contributed by atoms with Crippen molar-refractivity contribution in [3.8, 4) is 0 Å². The minimum absolute atomic E-state index is 0.00921. The van der Waals surface area contributed by atoms with Crippen LogP contribution < -0.4 is 11.1 Å². The van der Waals surface area contributed by atoms with Crippen LogP contribution >= 0.6 is 11.3 Å². The van der Waals surface area contributed by atoms with Gasteiger partial charge in [0.2, 0.25) is 0 Å². The Morgan fingerprint density at radius 3 is 2.49 bits per heavy atom. The maximum atomic E-state index is 13.9. The van der Waals surface area contributed by atoms with Gasteiger partial charge in [-0.05, 0) is 84.3 Å². The zero-order valence-corrected chi connectivity index (χ0v) is 27.8. The number of alkyl carbamates (subject to hydrolysis) is 1. The highest BCUT2D eigenvalue weighted by molar-refractivity contribution is 7.13. The van der Waals surface area contributed by atoms with Gasteiger partial charge in [0.15, 0.2) is 0 Å². The molecule has 2 amide bonds. The smallest absolute Gasteiger partial charge is 0.418 e. The van der Waals surface area contributed by atoms with Crippen LogP contribution in [0.2, 0.25) is 0 Å². The van der Waals surface area contributed by atoms with Crippen LogP contribution in [-0.4, -0.2) is 65.4 Å². The fourth-order valence-corrected chi connectivity index (χ4v) is 5.95. The molecule has 3 heterocycles. The van der Waals surface area contributed by atoms with Gasteiger partial charge in [-0.1, -0.05) is 13.3 Å². The molecule has 0 saturated carbocycles. The van der Waals surface area contributed by atoms with Gasteiger partial charge >= 0.3 is 12.3 Å². The SMILES string of the molecule is CCCN(Cc1cnc(CN(C)C)c(C(F)(F)F)c1)C(=O)C1=Cc2sc(CCCCCNC(=O)OC(C)(C)C)cc2N=C(N)C1. The number of carbonyl (C=O) groups is 2. The molecule has 3 rings (SSSR count). The second kappa shape index (κ2) is 15.7. The van der Waals surface area contributed by atoms with Gasteiger partial charge in [-0.2, -0.15) is 13.2 Å². The van der Waals surface area contributed by atoms with Gasteiger partial charge in [-0.3, -0.25) is 9.78 Å². The van der Waals surface area contributed by atoms with E-state index in [1.165, 1.54) is 6.20 Å². The topological polar surface area (TPSA) is 113 Å². The van der Waals surface area contributed by atoms with Crippen LogP contribution in [0.1, 0.15) is 86.4 Å². The lowest BCUT2D eigenvalue weighted by molar-refractivity contribution is -0.138. The molecule has 13 heteroatoms. The normalized spacial score (nSPS) is 13.6. The lowest BCUT2D eigenvalue weighted by Crippen LogP contribution is -2.33. The molecule has 248 valence electrons. The molecule has 2 aromatic heterocycles. The number of unbranched alkanes of at least 4 members (excludes halogenated alkanes) is 2. The zero-order chi connectivity index (χ0) is 33.4. The molecule has 0 aliphatic carbocycles. The Labute approximate surface area is 267 Å². The van der Waals surface area contributed by atoms with Crippen molar-refractivity contribution in [2.24, 2.45) is 10.7 Å². The van der Waals surface area contributed by atoms with E-state index in [0.717, 1.165) is 41.5 Å². The molecule has 0 fully saturated rings. The molecular formula is C32H45F3N6O3S. The number of amidine groups is 1. The van der Waals surface area contributed by atoms with Crippen LogP contribution in [0.4, 0.5) is 23.7 Å². The Morgan fingerprint density at radius 2 is 1.84 bits per heavy atom. The highest BCUT2D eigenvalue weighted by atomic mass is 32.1. The van der Waals surface area contributed by atoms with Crippen molar-refractivity contribution < 1.29 is 27.5 Å². The Morgan fingerprint density at radius 1 is 1.11 bits per heavy atom. The molecule has 0 bridgehead atoms. The van der Waals surface area contributed by atoms with E-state index in [1.54, 1.807) is 35.2 Å². The number of aryl methyl sites for hydroxylation is 1. The van der Waals surface area contributed by atoms with Crippen LogP contribution in [0.5, 0.6) is 0 Å². The first-order valence-corrected chi connectivity index (χ1v) is 16.0. The van der Waals surface area contributed by atoms with Crippen LogP contribution in [0.25, 0.3) is 6.08 Å². The van der Waals surface area contributed by atoms with Gasteiger partial charge in [0, 0.05) is 49.2 Å². The average molecular weight is 651 g/mol. The monoisotopic (exact) mass is 650 g/mol. The third-order valence-corrected chi connectivity index (χ3v) is 7.86. The first-order valence-electron chi connectivity index (χ1n) is 15.2. The molecule has 0 saturated heterocycles. The largest absolute Gasteiger partial charge is 0.444 e. The van der Waals surface area contributed by atoms with Crippen LogP contribution in [0, 0.1) is 0 Å². The Balaban J connectivity index is 1.69. The number of aromatic nitrogens is 1. The van der Waals surface area contributed by atoms with E-state index in [1.807, 2.05) is 39.8 Å². The molecule has 0 atom stereocenters.